The Hall–Kier alpha value is -2.13. The van der Waals surface area contributed by atoms with Crippen LogP contribution in [0.3, 0.4) is 0 Å². The maximum atomic E-state index is 11.2. The summed E-state index contributed by atoms with van der Waals surface area (Å²) in [7, 11) is 0. The molecule has 3 nitrogen and oxygen atoms in total. The Morgan fingerprint density at radius 1 is 1.23 bits per heavy atom. The molecule has 0 aromatic carbocycles. The fraction of sp³-hybridized carbons (Fsp3) is 0.519. The van der Waals surface area contributed by atoms with E-state index < -0.39 is 0 Å². The topological polar surface area (TPSA) is 35.5 Å². The van der Waals surface area contributed by atoms with Crippen LogP contribution in [0, 0.1) is 5.92 Å². The van der Waals surface area contributed by atoms with Crippen LogP contribution in [0.2, 0.25) is 0 Å². The highest BCUT2D eigenvalue weighted by atomic mass is 16.5. The van der Waals surface area contributed by atoms with Gasteiger partial charge in [0, 0.05) is 12.5 Å². The van der Waals surface area contributed by atoms with Crippen LogP contribution in [-0.4, -0.2) is 24.3 Å². The fourth-order valence-corrected chi connectivity index (χ4v) is 3.69. The van der Waals surface area contributed by atoms with Crippen molar-refractivity contribution in [1.82, 2.24) is 0 Å². The molecule has 30 heavy (non-hydrogen) atoms. The molecule has 164 valence electrons. The molecule has 3 heteroatoms. The minimum atomic E-state index is -0.256. The first-order valence-electron chi connectivity index (χ1n) is 11.3. The van der Waals surface area contributed by atoms with Crippen molar-refractivity contribution in [3.05, 3.63) is 71.9 Å². The second kappa shape index (κ2) is 13.2. The van der Waals surface area contributed by atoms with Gasteiger partial charge < -0.3 is 9.47 Å². The van der Waals surface area contributed by atoms with Crippen LogP contribution >= 0.6 is 0 Å². The largest absolute Gasteiger partial charge is 0.455 e. The van der Waals surface area contributed by atoms with E-state index >= 15 is 0 Å². The van der Waals surface area contributed by atoms with Gasteiger partial charge in [0.15, 0.2) is 0 Å². The quantitative estimate of drug-likeness (QED) is 0.238. The molecule has 0 aromatic heterocycles. The van der Waals surface area contributed by atoms with Gasteiger partial charge in [0.25, 0.3) is 0 Å². The lowest BCUT2D eigenvalue weighted by molar-refractivity contribution is -0.141. The Bertz CT molecular complexity index is 720. The van der Waals surface area contributed by atoms with Crippen molar-refractivity contribution in [2.75, 3.05) is 0 Å². The minimum Gasteiger partial charge on any atom is -0.455 e. The Labute approximate surface area is 182 Å². The molecule has 0 spiro atoms. The Morgan fingerprint density at radius 2 is 2.07 bits per heavy atom. The zero-order chi connectivity index (χ0) is 21.8. The highest BCUT2D eigenvalue weighted by Crippen LogP contribution is 2.27. The number of cyclic esters (lactones) is 1. The lowest BCUT2D eigenvalue weighted by Crippen LogP contribution is -2.32. The van der Waals surface area contributed by atoms with Crippen molar-refractivity contribution in [3.63, 3.8) is 0 Å². The number of hydrogen-bond donors (Lipinski definition) is 0. The first-order chi connectivity index (χ1) is 14.5. The summed E-state index contributed by atoms with van der Waals surface area (Å²) in [5.74, 6) is 0.359. The lowest BCUT2D eigenvalue weighted by Gasteiger charge is -2.32. The van der Waals surface area contributed by atoms with Gasteiger partial charge >= 0.3 is 5.97 Å². The number of rotatable bonds is 9. The van der Waals surface area contributed by atoms with Crippen molar-refractivity contribution in [2.45, 2.75) is 84.5 Å². The highest BCUT2D eigenvalue weighted by molar-refractivity contribution is 5.82. The number of esters is 1. The zero-order valence-corrected chi connectivity index (χ0v) is 19.1. The van der Waals surface area contributed by atoms with Crippen molar-refractivity contribution >= 4 is 5.97 Å². The predicted octanol–water partition coefficient (Wildman–Crippen LogP) is 6.79. The van der Waals surface area contributed by atoms with Crippen molar-refractivity contribution in [3.8, 4) is 0 Å². The molecular formula is C27H38O3. The minimum absolute atomic E-state index is 0.137. The average Bonchev–Trinajstić information content (AvgIpc) is 2.72. The molecule has 2 aliphatic heterocycles. The Balaban J connectivity index is 1.68. The van der Waals surface area contributed by atoms with E-state index in [1.807, 2.05) is 18.2 Å². The summed E-state index contributed by atoms with van der Waals surface area (Å²) >= 11 is 0. The molecular weight excluding hydrogens is 372 g/mol. The van der Waals surface area contributed by atoms with Gasteiger partial charge in [-0.1, -0.05) is 66.7 Å². The van der Waals surface area contributed by atoms with Gasteiger partial charge in [-0.15, -0.1) is 0 Å². The molecule has 4 unspecified atom stereocenters. The summed E-state index contributed by atoms with van der Waals surface area (Å²) < 4.78 is 11.4. The summed E-state index contributed by atoms with van der Waals surface area (Å²) in [5.41, 5.74) is 2.57. The number of hydrogen-bond acceptors (Lipinski definition) is 3. The molecule has 1 saturated heterocycles. The van der Waals surface area contributed by atoms with Gasteiger partial charge in [0.2, 0.25) is 0 Å². The van der Waals surface area contributed by atoms with Crippen LogP contribution in [0.25, 0.3) is 0 Å². The maximum absolute atomic E-state index is 11.2. The molecule has 0 bridgehead atoms. The maximum Gasteiger partial charge on any atom is 0.331 e. The molecule has 0 aliphatic carbocycles. The Kier molecular flexibility index (Phi) is 10.6. The summed E-state index contributed by atoms with van der Waals surface area (Å²) in [4.78, 5) is 11.2. The van der Waals surface area contributed by atoms with E-state index in [2.05, 4.69) is 64.2 Å². The van der Waals surface area contributed by atoms with Crippen LogP contribution in [0.4, 0.5) is 0 Å². The smallest absolute Gasteiger partial charge is 0.331 e. The monoisotopic (exact) mass is 410 g/mol. The van der Waals surface area contributed by atoms with E-state index in [0.29, 0.717) is 12.0 Å². The van der Waals surface area contributed by atoms with Gasteiger partial charge in [-0.2, -0.15) is 0 Å². The Morgan fingerprint density at radius 3 is 2.83 bits per heavy atom. The summed E-state index contributed by atoms with van der Waals surface area (Å²) in [6.07, 6.45) is 27.1. The van der Waals surface area contributed by atoms with Crippen LogP contribution in [0.5, 0.6) is 0 Å². The van der Waals surface area contributed by atoms with Gasteiger partial charge in [-0.3, -0.25) is 0 Å². The van der Waals surface area contributed by atoms with E-state index in [4.69, 9.17) is 9.47 Å². The summed E-state index contributed by atoms with van der Waals surface area (Å²) in [6, 6.07) is 0. The SMILES string of the molecule is C/C=C/C1OC(C/C=C/C=C(\C)CC/C=C(C)\C=C\C2CC=CC(=O)O2)CCC1C. The third-order valence-electron chi connectivity index (χ3n) is 5.62. The van der Waals surface area contributed by atoms with E-state index in [9.17, 15) is 4.79 Å². The number of carbonyl (C=O) groups excluding carboxylic acids is 1. The van der Waals surface area contributed by atoms with Crippen molar-refractivity contribution in [1.29, 1.82) is 0 Å². The summed E-state index contributed by atoms with van der Waals surface area (Å²) in [5, 5.41) is 0. The third-order valence-corrected chi connectivity index (χ3v) is 5.62. The molecule has 0 radical (unpaired) electrons. The molecule has 4 atom stereocenters. The molecule has 0 saturated carbocycles. The first-order valence-corrected chi connectivity index (χ1v) is 11.3. The molecule has 0 amide bonds. The van der Waals surface area contributed by atoms with Gasteiger partial charge in [-0.25, -0.2) is 4.79 Å². The van der Waals surface area contributed by atoms with Crippen LogP contribution < -0.4 is 0 Å². The van der Waals surface area contributed by atoms with Crippen LogP contribution in [0.15, 0.2) is 71.9 Å². The first kappa shape index (κ1) is 24.1. The van der Waals surface area contributed by atoms with E-state index in [1.165, 1.54) is 23.6 Å². The zero-order valence-electron chi connectivity index (χ0n) is 19.1. The van der Waals surface area contributed by atoms with Crippen molar-refractivity contribution < 1.29 is 14.3 Å². The third kappa shape index (κ3) is 9.13. The normalized spacial score (nSPS) is 28.7. The second-order valence-corrected chi connectivity index (χ2v) is 8.44. The second-order valence-electron chi connectivity index (χ2n) is 8.44. The number of allylic oxidation sites excluding steroid dienone is 7. The van der Waals surface area contributed by atoms with Crippen LogP contribution in [-0.2, 0) is 14.3 Å². The number of ether oxygens (including phenoxy) is 2. The fourth-order valence-electron chi connectivity index (χ4n) is 3.69. The van der Waals surface area contributed by atoms with Gasteiger partial charge in [0.05, 0.1) is 12.2 Å². The summed E-state index contributed by atoms with van der Waals surface area (Å²) in [6.45, 7) is 8.60. The van der Waals surface area contributed by atoms with Crippen molar-refractivity contribution in [2.24, 2.45) is 5.92 Å². The lowest BCUT2D eigenvalue weighted by atomic mass is 9.92. The van der Waals surface area contributed by atoms with Crippen LogP contribution in [0.1, 0.15) is 66.2 Å². The van der Waals surface area contributed by atoms with E-state index in [-0.39, 0.29) is 18.2 Å². The van der Waals surface area contributed by atoms with Gasteiger partial charge in [-0.05, 0) is 64.9 Å². The van der Waals surface area contributed by atoms with Gasteiger partial charge in [0.1, 0.15) is 6.10 Å². The van der Waals surface area contributed by atoms with E-state index in [0.717, 1.165) is 32.1 Å². The molecule has 2 heterocycles. The van der Waals surface area contributed by atoms with E-state index in [1.54, 1.807) is 0 Å². The predicted molar refractivity (Wildman–Crippen MR) is 125 cm³/mol. The molecule has 2 aliphatic rings. The average molecular weight is 411 g/mol. The molecule has 1 fully saturated rings. The molecule has 0 N–H and O–H groups in total. The number of carbonyl (C=O) groups is 1. The standard InChI is InChI=1S/C27H38O3/c1-5-10-26-23(4)18-20-24(29-26)14-7-6-11-21(2)12-8-13-22(3)17-19-25-15-9-16-27(28)30-25/h5-7,9-11,13,16-17,19,23-26H,8,12,14-15,18,20H2,1-4H3/b7-6+,10-5+,19-17+,21-11+,22-13-. The molecule has 0 aromatic rings. The molecule has 2 rings (SSSR count). The highest BCUT2D eigenvalue weighted by Gasteiger charge is 2.25.